The first-order chi connectivity index (χ1) is 29.7. The Morgan fingerprint density at radius 3 is 1.73 bits per heavy atom. The summed E-state index contributed by atoms with van der Waals surface area (Å²) in [5, 5.41) is 7.06. The summed E-state index contributed by atoms with van der Waals surface area (Å²) in [4.78, 5) is 15.3. The van der Waals surface area contributed by atoms with Gasteiger partial charge >= 0.3 is 0 Å². The van der Waals surface area contributed by atoms with Gasteiger partial charge in [0.05, 0.1) is 0 Å². The SMILES string of the molecule is c1ccc(-c2nc(-c3ccc(-c4ccc(-c5cccc6c5sc5ccccc56)cc4)cc3)nc(-c3cccc4oc5ccc(-c6ccc7ccccc7c6)cc5c34)n2)cc1. The molecule has 4 nitrogen and oxygen atoms in total. The van der Waals surface area contributed by atoms with Crippen molar-refractivity contribution in [2.45, 2.75) is 0 Å². The molecule has 12 rings (SSSR count). The highest BCUT2D eigenvalue weighted by atomic mass is 32.1. The van der Waals surface area contributed by atoms with Crippen molar-refractivity contribution in [2.24, 2.45) is 0 Å². The predicted octanol–water partition coefficient (Wildman–Crippen LogP) is 15.3. The maximum Gasteiger partial charge on any atom is 0.164 e. The van der Waals surface area contributed by atoms with Crippen molar-refractivity contribution in [3.8, 4) is 67.5 Å². The summed E-state index contributed by atoms with van der Waals surface area (Å²) < 4.78 is 9.09. The van der Waals surface area contributed by atoms with Gasteiger partial charge < -0.3 is 4.42 Å². The van der Waals surface area contributed by atoms with E-state index in [1.165, 1.54) is 42.1 Å². The number of aromatic nitrogens is 3. The number of furan rings is 1. The molecule has 3 heterocycles. The molecule has 0 bridgehead atoms. The van der Waals surface area contributed by atoms with Crippen LogP contribution in [0.25, 0.3) is 120 Å². The molecule has 0 saturated carbocycles. The molecule has 0 unspecified atom stereocenters. The van der Waals surface area contributed by atoms with Gasteiger partial charge in [-0.25, -0.2) is 15.0 Å². The summed E-state index contributed by atoms with van der Waals surface area (Å²) >= 11 is 1.86. The zero-order valence-corrected chi connectivity index (χ0v) is 33.0. The Hall–Kier alpha value is -7.73. The van der Waals surface area contributed by atoms with Crippen LogP contribution in [-0.4, -0.2) is 15.0 Å². The van der Waals surface area contributed by atoms with Gasteiger partial charge in [-0.1, -0.05) is 170 Å². The molecule has 5 heteroatoms. The second kappa shape index (κ2) is 14.0. The zero-order chi connectivity index (χ0) is 39.6. The van der Waals surface area contributed by atoms with E-state index in [0.29, 0.717) is 17.5 Å². The summed E-state index contributed by atoms with van der Waals surface area (Å²) in [5.41, 5.74) is 11.4. The normalized spacial score (nSPS) is 11.7. The van der Waals surface area contributed by atoms with Gasteiger partial charge in [0.1, 0.15) is 11.2 Å². The van der Waals surface area contributed by atoms with Crippen LogP contribution in [0.3, 0.4) is 0 Å². The number of hydrogen-bond donors (Lipinski definition) is 0. The highest BCUT2D eigenvalue weighted by molar-refractivity contribution is 7.26. The standard InChI is InChI=1S/C55H33N3OS/c1-2-11-38(12-3-1)53-56-54(39-27-22-36(23-28-39)35-20-25-37(26-21-35)43-15-8-16-45-44-14-6-7-19-50(44)60-52(43)45)58-55(57-53)46-17-9-18-49-51(46)47-33-42(30-31-48(47)59-49)41-29-24-34-10-4-5-13-40(34)32-41/h1-33H. The monoisotopic (exact) mass is 783 g/mol. The lowest BCUT2D eigenvalue weighted by atomic mass is 9.98. The molecular weight excluding hydrogens is 751 g/mol. The minimum atomic E-state index is 0.594. The van der Waals surface area contributed by atoms with E-state index in [2.05, 4.69) is 158 Å². The van der Waals surface area contributed by atoms with E-state index in [-0.39, 0.29) is 0 Å². The van der Waals surface area contributed by atoms with Crippen molar-refractivity contribution in [3.05, 3.63) is 200 Å². The fourth-order valence-electron chi connectivity index (χ4n) is 8.53. The van der Waals surface area contributed by atoms with Crippen molar-refractivity contribution in [1.82, 2.24) is 15.0 Å². The van der Waals surface area contributed by atoms with Crippen molar-refractivity contribution in [3.63, 3.8) is 0 Å². The van der Waals surface area contributed by atoms with E-state index in [4.69, 9.17) is 19.4 Å². The zero-order valence-electron chi connectivity index (χ0n) is 32.2. The van der Waals surface area contributed by atoms with Crippen LogP contribution < -0.4 is 0 Å². The van der Waals surface area contributed by atoms with Gasteiger partial charge in [0.2, 0.25) is 0 Å². The summed E-state index contributed by atoms with van der Waals surface area (Å²) in [6.07, 6.45) is 0. The number of hydrogen-bond acceptors (Lipinski definition) is 5. The molecule has 280 valence electrons. The molecule has 12 aromatic rings. The number of benzene rings is 9. The fourth-order valence-corrected chi connectivity index (χ4v) is 9.77. The first kappa shape index (κ1) is 34.3. The van der Waals surface area contributed by atoms with Gasteiger partial charge in [0, 0.05) is 47.6 Å². The van der Waals surface area contributed by atoms with Gasteiger partial charge in [-0.3, -0.25) is 0 Å². The van der Waals surface area contributed by atoms with Gasteiger partial charge in [-0.2, -0.15) is 0 Å². The van der Waals surface area contributed by atoms with E-state index in [0.717, 1.165) is 60.9 Å². The van der Waals surface area contributed by atoms with Gasteiger partial charge in [0.15, 0.2) is 17.5 Å². The maximum absolute atomic E-state index is 6.45. The molecule has 0 aliphatic rings. The van der Waals surface area contributed by atoms with Crippen LogP contribution in [0.2, 0.25) is 0 Å². The van der Waals surface area contributed by atoms with Crippen LogP contribution in [0.4, 0.5) is 0 Å². The lowest BCUT2D eigenvalue weighted by Crippen LogP contribution is -2.00. The molecule has 0 saturated heterocycles. The van der Waals surface area contributed by atoms with Crippen molar-refractivity contribution in [1.29, 1.82) is 0 Å². The third-order valence-electron chi connectivity index (χ3n) is 11.6. The largest absolute Gasteiger partial charge is 0.456 e. The highest BCUT2D eigenvalue weighted by Crippen LogP contribution is 2.41. The Labute approximate surface area is 349 Å². The Kier molecular flexibility index (Phi) is 8.00. The first-order valence-electron chi connectivity index (χ1n) is 20.1. The summed E-state index contributed by atoms with van der Waals surface area (Å²) in [6, 6.07) is 70.5. The van der Waals surface area contributed by atoms with E-state index >= 15 is 0 Å². The van der Waals surface area contributed by atoms with Crippen molar-refractivity contribution >= 4 is 64.2 Å². The summed E-state index contributed by atoms with van der Waals surface area (Å²) in [7, 11) is 0. The van der Waals surface area contributed by atoms with Gasteiger partial charge in [-0.15, -0.1) is 11.3 Å². The lowest BCUT2D eigenvalue weighted by molar-refractivity contribution is 0.669. The summed E-state index contributed by atoms with van der Waals surface area (Å²) in [6.45, 7) is 0. The molecule has 0 aliphatic heterocycles. The average Bonchev–Trinajstić information content (AvgIpc) is 3.90. The Balaban J connectivity index is 0.925. The minimum absolute atomic E-state index is 0.594. The fraction of sp³-hybridized carbons (Fsp3) is 0. The third kappa shape index (κ3) is 5.86. The smallest absolute Gasteiger partial charge is 0.164 e. The van der Waals surface area contributed by atoms with E-state index < -0.39 is 0 Å². The second-order valence-electron chi connectivity index (χ2n) is 15.2. The van der Waals surface area contributed by atoms with E-state index in [9.17, 15) is 0 Å². The van der Waals surface area contributed by atoms with Crippen LogP contribution in [-0.2, 0) is 0 Å². The van der Waals surface area contributed by atoms with E-state index in [1.807, 2.05) is 53.8 Å². The van der Waals surface area contributed by atoms with Crippen LogP contribution >= 0.6 is 11.3 Å². The Morgan fingerprint density at radius 1 is 0.333 bits per heavy atom. The second-order valence-corrected chi connectivity index (χ2v) is 16.2. The molecule has 9 aromatic carbocycles. The van der Waals surface area contributed by atoms with Crippen LogP contribution in [0.5, 0.6) is 0 Å². The molecule has 0 atom stereocenters. The lowest BCUT2D eigenvalue weighted by Gasteiger charge is -2.10. The highest BCUT2D eigenvalue weighted by Gasteiger charge is 2.19. The molecule has 60 heavy (non-hydrogen) atoms. The number of fused-ring (bicyclic) bond motifs is 7. The molecule has 0 fully saturated rings. The topological polar surface area (TPSA) is 51.8 Å². The van der Waals surface area contributed by atoms with Gasteiger partial charge in [0.25, 0.3) is 0 Å². The number of rotatable bonds is 6. The molecule has 0 spiro atoms. The maximum atomic E-state index is 6.45. The molecule has 0 amide bonds. The average molecular weight is 784 g/mol. The first-order valence-corrected chi connectivity index (χ1v) is 20.9. The molecule has 0 aliphatic carbocycles. The van der Waals surface area contributed by atoms with E-state index in [1.54, 1.807) is 0 Å². The van der Waals surface area contributed by atoms with Crippen LogP contribution in [0, 0.1) is 0 Å². The summed E-state index contributed by atoms with van der Waals surface area (Å²) in [5.74, 6) is 1.82. The minimum Gasteiger partial charge on any atom is -0.456 e. The van der Waals surface area contributed by atoms with Crippen LogP contribution in [0.15, 0.2) is 205 Å². The van der Waals surface area contributed by atoms with Gasteiger partial charge in [-0.05, 0) is 74.5 Å². The Morgan fingerprint density at radius 2 is 0.917 bits per heavy atom. The third-order valence-corrected chi connectivity index (χ3v) is 12.8. The number of thiophene rings is 1. The quantitative estimate of drug-likeness (QED) is 0.169. The molecule has 0 radical (unpaired) electrons. The molecule has 0 N–H and O–H groups in total. The molecular formula is C55H33N3OS. The van der Waals surface area contributed by atoms with Crippen molar-refractivity contribution in [2.75, 3.05) is 0 Å². The van der Waals surface area contributed by atoms with Crippen LogP contribution in [0.1, 0.15) is 0 Å². The predicted molar refractivity (Wildman–Crippen MR) is 250 cm³/mol. The Bertz CT molecular complexity index is 3590. The molecule has 3 aromatic heterocycles. The van der Waals surface area contributed by atoms with Crippen molar-refractivity contribution < 1.29 is 4.42 Å². The number of nitrogens with zero attached hydrogens (tertiary/aromatic N) is 3.